The van der Waals surface area contributed by atoms with Crippen molar-refractivity contribution in [3.05, 3.63) is 93.8 Å². The molecule has 1 aromatic carbocycles. The molecular formula is C24H23N3O2S. The number of hydrogen-bond donors (Lipinski definition) is 0. The van der Waals surface area contributed by atoms with Crippen LogP contribution in [0.15, 0.2) is 69.9 Å². The van der Waals surface area contributed by atoms with Gasteiger partial charge in [0.2, 0.25) is 11.8 Å². The number of carbonyl (C=O) groups excluding carboxylic acids is 1. The molecule has 3 heterocycles. The summed E-state index contributed by atoms with van der Waals surface area (Å²) in [5.41, 5.74) is 4.73. The van der Waals surface area contributed by atoms with Crippen molar-refractivity contribution >= 4 is 17.2 Å². The lowest BCUT2D eigenvalue weighted by Crippen LogP contribution is -2.32. The first-order valence-corrected chi connectivity index (χ1v) is 10.7. The first-order valence-electron chi connectivity index (χ1n) is 9.80. The van der Waals surface area contributed by atoms with E-state index in [1.807, 2.05) is 59.0 Å². The molecule has 6 heteroatoms. The highest BCUT2D eigenvalue weighted by Crippen LogP contribution is 2.24. The molecule has 0 bridgehead atoms. The van der Waals surface area contributed by atoms with Gasteiger partial charge in [-0.25, -0.2) is 4.98 Å². The molecule has 0 fully saturated rings. The fraction of sp³-hybridized carbons (Fsp3) is 0.208. The Balaban J connectivity index is 1.56. The Kier molecular flexibility index (Phi) is 6.05. The number of rotatable bonds is 7. The number of aromatic nitrogens is 2. The quantitative estimate of drug-likeness (QED) is 0.415. The molecule has 0 saturated carbocycles. The predicted molar refractivity (Wildman–Crippen MR) is 118 cm³/mol. The average Bonchev–Trinajstić information content (AvgIpc) is 3.39. The van der Waals surface area contributed by atoms with E-state index in [0.29, 0.717) is 30.4 Å². The van der Waals surface area contributed by atoms with Crippen LogP contribution in [0.5, 0.6) is 0 Å². The largest absolute Gasteiger partial charge is 0.441 e. The van der Waals surface area contributed by atoms with E-state index in [1.54, 1.807) is 17.5 Å². The molecule has 0 atom stereocenters. The second-order valence-corrected chi connectivity index (χ2v) is 8.05. The van der Waals surface area contributed by atoms with Crippen LogP contribution in [0, 0.1) is 13.8 Å². The number of aryl methyl sites for hydroxylation is 2. The zero-order chi connectivity index (χ0) is 20.9. The summed E-state index contributed by atoms with van der Waals surface area (Å²) in [5, 5.41) is 3.97. The van der Waals surface area contributed by atoms with Gasteiger partial charge in [-0.2, -0.15) is 11.3 Å². The van der Waals surface area contributed by atoms with Crippen molar-refractivity contribution in [2.24, 2.45) is 0 Å². The highest BCUT2D eigenvalue weighted by Gasteiger charge is 2.20. The molecule has 0 aliphatic rings. The summed E-state index contributed by atoms with van der Waals surface area (Å²) in [7, 11) is 0. The molecule has 0 aliphatic heterocycles. The zero-order valence-electron chi connectivity index (χ0n) is 17.0. The highest BCUT2D eigenvalue weighted by atomic mass is 32.1. The monoisotopic (exact) mass is 417 g/mol. The minimum absolute atomic E-state index is 0.00423. The van der Waals surface area contributed by atoms with E-state index in [-0.39, 0.29) is 12.3 Å². The summed E-state index contributed by atoms with van der Waals surface area (Å²) in [5.74, 6) is 1.24. The van der Waals surface area contributed by atoms with Gasteiger partial charge < -0.3 is 9.32 Å². The van der Waals surface area contributed by atoms with Gasteiger partial charge in [-0.3, -0.25) is 9.78 Å². The van der Waals surface area contributed by atoms with Gasteiger partial charge in [-0.15, -0.1) is 0 Å². The first-order chi connectivity index (χ1) is 14.6. The van der Waals surface area contributed by atoms with Crippen LogP contribution in [0.1, 0.15) is 28.3 Å². The predicted octanol–water partition coefficient (Wildman–Crippen LogP) is 5.19. The maximum absolute atomic E-state index is 13.3. The summed E-state index contributed by atoms with van der Waals surface area (Å²) >= 11 is 1.59. The Morgan fingerprint density at radius 3 is 2.73 bits per heavy atom. The van der Waals surface area contributed by atoms with Crippen molar-refractivity contribution in [3.63, 3.8) is 0 Å². The maximum Gasteiger partial charge on any atom is 0.229 e. The number of benzene rings is 1. The number of thiophene rings is 1. The third-order valence-electron chi connectivity index (χ3n) is 4.87. The van der Waals surface area contributed by atoms with Crippen LogP contribution in [0.3, 0.4) is 0 Å². The van der Waals surface area contributed by atoms with Gasteiger partial charge in [0.15, 0.2) is 0 Å². The molecule has 1 amide bonds. The number of amides is 1. The lowest BCUT2D eigenvalue weighted by atomic mass is 10.1. The second kappa shape index (κ2) is 9.05. The number of oxazole rings is 1. The van der Waals surface area contributed by atoms with Gasteiger partial charge in [-0.1, -0.05) is 35.9 Å². The Bertz CT molecular complexity index is 1120. The molecule has 5 nitrogen and oxygen atoms in total. The summed E-state index contributed by atoms with van der Waals surface area (Å²) in [4.78, 5) is 24.1. The molecule has 0 N–H and O–H groups in total. The molecule has 4 rings (SSSR count). The second-order valence-electron chi connectivity index (χ2n) is 7.27. The summed E-state index contributed by atoms with van der Waals surface area (Å²) in [6, 6.07) is 15.9. The number of carbonyl (C=O) groups is 1. The van der Waals surface area contributed by atoms with E-state index in [4.69, 9.17) is 4.42 Å². The molecule has 0 saturated heterocycles. The third-order valence-corrected chi connectivity index (χ3v) is 5.55. The van der Waals surface area contributed by atoms with Gasteiger partial charge in [-0.05, 0) is 43.0 Å². The van der Waals surface area contributed by atoms with Gasteiger partial charge >= 0.3 is 0 Å². The molecule has 3 aromatic heterocycles. The standard InChI is InChI=1S/C24H23N3O2S/c1-17-6-5-7-19(12-17)14-27(15-21-8-3-4-10-25-21)23(28)13-22-18(2)29-24(26-22)20-9-11-30-16-20/h3-12,16H,13-15H2,1-2H3. The van der Waals surface area contributed by atoms with Crippen molar-refractivity contribution in [2.45, 2.75) is 33.4 Å². The Morgan fingerprint density at radius 1 is 1.10 bits per heavy atom. The highest BCUT2D eigenvalue weighted by molar-refractivity contribution is 7.08. The Labute approximate surface area is 180 Å². The molecule has 0 radical (unpaired) electrons. The molecular weight excluding hydrogens is 394 g/mol. The Morgan fingerprint density at radius 2 is 2.00 bits per heavy atom. The van der Waals surface area contributed by atoms with Crippen LogP contribution in [-0.4, -0.2) is 20.8 Å². The molecule has 4 aromatic rings. The van der Waals surface area contributed by atoms with Crippen LogP contribution >= 0.6 is 11.3 Å². The van der Waals surface area contributed by atoms with E-state index >= 15 is 0 Å². The molecule has 30 heavy (non-hydrogen) atoms. The number of pyridine rings is 1. The lowest BCUT2D eigenvalue weighted by Gasteiger charge is -2.22. The van der Waals surface area contributed by atoms with Gasteiger partial charge in [0.25, 0.3) is 0 Å². The third kappa shape index (κ3) is 4.83. The van der Waals surface area contributed by atoms with E-state index in [1.165, 1.54) is 5.56 Å². The fourth-order valence-corrected chi connectivity index (χ4v) is 3.94. The average molecular weight is 418 g/mol. The zero-order valence-corrected chi connectivity index (χ0v) is 17.9. The van der Waals surface area contributed by atoms with Crippen LogP contribution in [0.2, 0.25) is 0 Å². The first kappa shape index (κ1) is 20.0. The van der Waals surface area contributed by atoms with Gasteiger partial charge in [0.1, 0.15) is 5.76 Å². The molecule has 0 unspecified atom stereocenters. The summed E-state index contributed by atoms with van der Waals surface area (Å²) in [6.07, 6.45) is 1.94. The van der Waals surface area contributed by atoms with Crippen molar-refractivity contribution < 1.29 is 9.21 Å². The van der Waals surface area contributed by atoms with Crippen molar-refractivity contribution in [1.82, 2.24) is 14.9 Å². The summed E-state index contributed by atoms with van der Waals surface area (Å²) < 4.78 is 5.80. The minimum Gasteiger partial charge on any atom is -0.441 e. The van der Waals surface area contributed by atoms with Crippen molar-refractivity contribution in [3.8, 4) is 11.5 Å². The fourth-order valence-electron chi connectivity index (χ4n) is 3.31. The summed E-state index contributed by atoms with van der Waals surface area (Å²) in [6.45, 7) is 4.88. The smallest absolute Gasteiger partial charge is 0.229 e. The van der Waals surface area contributed by atoms with Gasteiger partial charge in [0, 0.05) is 23.7 Å². The number of nitrogens with zero attached hydrogens (tertiary/aromatic N) is 3. The van der Waals surface area contributed by atoms with E-state index in [2.05, 4.69) is 29.0 Å². The molecule has 152 valence electrons. The maximum atomic E-state index is 13.3. The molecule has 0 spiro atoms. The van der Waals surface area contributed by atoms with Crippen LogP contribution < -0.4 is 0 Å². The normalized spacial score (nSPS) is 10.9. The molecule has 0 aliphatic carbocycles. The minimum atomic E-state index is -0.00423. The Hall–Kier alpha value is -3.25. The van der Waals surface area contributed by atoms with Crippen LogP contribution in [-0.2, 0) is 24.3 Å². The van der Waals surface area contributed by atoms with Crippen molar-refractivity contribution in [2.75, 3.05) is 0 Å². The van der Waals surface area contributed by atoms with E-state index < -0.39 is 0 Å². The van der Waals surface area contributed by atoms with Crippen LogP contribution in [0.4, 0.5) is 0 Å². The number of hydrogen-bond acceptors (Lipinski definition) is 5. The van der Waals surface area contributed by atoms with Crippen molar-refractivity contribution in [1.29, 1.82) is 0 Å². The van der Waals surface area contributed by atoms with E-state index in [0.717, 1.165) is 16.8 Å². The SMILES string of the molecule is Cc1cccc(CN(Cc2ccccn2)C(=O)Cc2nc(-c3ccsc3)oc2C)c1. The van der Waals surface area contributed by atoms with Gasteiger partial charge in [0.05, 0.1) is 24.4 Å². The lowest BCUT2D eigenvalue weighted by molar-refractivity contribution is -0.131. The topological polar surface area (TPSA) is 59.2 Å². The van der Waals surface area contributed by atoms with E-state index in [9.17, 15) is 4.79 Å². The van der Waals surface area contributed by atoms with Crippen LogP contribution in [0.25, 0.3) is 11.5 Å².